The van der Waals surface area contributed by atoms with Crippen LogP contribution >= 0.6 is 0 Å². The number of benzene rings is 1. The summed E-state index contributed by atoms with van der Waals surface area (Å²) < 4.78 is 5.55. The molecular weight excluding hydrogens is 302 g/mol. The van der Waals surface area contributed by atoms with Crippen molar-refractivity contribution in [1.29, 1.82) is 0 Å². The first-order valence-corrected chi connectivity index (χ1v) is 8.64. The number of piperidine rings is 1. The van der Waals surface area contributed by atoms with E-state index in [4.69, 9.17) is 4.42 Å². The summed E-state index contributed by atoms with van der Waals surface area (Å²) in [6.07, 6.45) is 4.18. The Hall–Kier alpha value is -2.14. The zero-order valence-electron chi connectivity index (χ0n) is 14.3. The molecule has 1 saturated heterocycles. The van der Waals surface area contributed by atoms with Crippen LogP contribution in [0.4, 0.5) is 0 Å². The Kier molecular flexibility index (Phi) is 5.30. The van der Waals surface area contributed by atoms with Gasteiger partial charge in [0.1, 0.15) is 6.26 Å². The standard InChI is InChI=1S/C19H25N3O2/c1-13-3-5-15(6-4-13)19-22-17(12-24-19)8-10-21-18(23)16-7-9-20-14(2)11-16/h3-6,12,14,16,20H,7-11H2,1-2H3,(H,21,23)/t14-,16-/m0/s1. The topological polar surface area (TPSA) is 67.2 Å². The van der Waals surface area contributed by atoms with E-state index in [1.54, 1.807) is 6.26 Å². The Labute approximate surface area is 142 Å². The smallest absolute Gasteiger partial charge is 0.226 e. The molecule has 0 unspecified atom stereocenters. The maximum absolute atomic E-state index is 12.2. The van der Waals surface area contributed by atoms with E-state index < -0.39 is 0 Å². The first-order valence-electron chi connectivity index (χ1n) is 8.64. The van der Waals surface area contributed by atoms with E-state index >= 15 is 0 Å². The normalized spacial score (nSPS) is 20.8. The number of rotatable bonds is 5. The van der Waals surface area contributed by atoms with Gasteiger partial charge >= 0.3 is 0 Å². The molecule has 2 atom stereocenters. The zero-order valence-corrected chi connectivity index (χ0v) is 14.3. The van der Waals surface area contributed by atoms with Gasteiger partial charge in [0, 0.05) is 30.5 Å². The van der Waals surface area contributed by atoms with Gasteiger partial charge in [0.05, 0.1) is 5.69 Å². The molecule has 1 aromatic heterocycles. The van der Waals surface area contributed by atoms with E-state index in [2.05, 4.69) is 29.5 Å². The van der Waals surface area contributed by atoms with Crippen molar-refractivity contribution in [2.24, 2.45) is 5.92 Å². The SMILES string of the molecule is Cc1ccc(-c2nc(CCNC(=O)[C@H]3CCN[C@@H](C)C3)co2)cc1. The number of nitrogens with one attached hydrogen (secondary N) is 2. The van der Waals surface area contributed by atoms with Crippen molar-refractivity contribution < 1.29 is 9.21 Å². The Balaban J connectivity index is 1.49. The highest BCUT2D eigenvalue weighted by atomic mass is 16.3. The molecule has 1 aromatic carbocycles. The van der Waals surface area contributed by atoms with E-state index in [0.29, 0.717) is 24.9 Å². The second-order valence-corrected chi connectivity index (χ2v) is 6.63. The summed E-state index contributed by atoms with van der Waals surface area (Å²) >= 11 is 0. The Morgan fingerprint density at radius 3 is 2.92 bits per heavy atom. The van der Waals surface area contributed by atoms with Crippen molar-refractivity contribution >= 4 is 5.91 Å². The van der Waals surface area contributed by atoms with E-state index in [1.807, 2.05) is 24.3 Å². The molecule has 24 heavy (non-hydrogen) atoms. The minimum Gasteiger partial charge on any atom is -0.444 e. The lowest BCUT2D eigenvalue weighted by Crippen LogP contribution is -2.42. The summed E-state index contributed by atoms with van der Waals surface area (Å²) in [6.45, 7) is 5.69. The number of oxazole rings is 1. The fourth-order valence-corrected chi connectivity index (χ4v) is 3.08. The van der Waals surface area contributed by atoms with Crippen LogP contribution in [0, 0.1) is 12.8 Å². The molecule has 1 amide bonds. The van der Waals surface area contributed by atoms with Gasteiger partial charge in [-0.15, -0.1) is 0 Å². The summed E-state index contributed by atoms with van der Waals surface area (Å²) in [5.41, 5.74) is 3.05. The lowest BCUT2D eigenvalue weighted by atomic mass is 9.92. The monoisotopic (exact) mass is 327 g/mol. The van der Waals surface area contributed by atoms with E-state index in [9.17, 15) is 4.79 Å². The van der Waals surface area contributed by atoms with Crippen molar-refractivity contribution in [3.05, 3.63) is 41.8 Å². The van der Waals surface area contributed by atoms with Crippen LogP contribution in [0.5, 0.6) is 0 Å². The maximum atomic E-state index is 12.2. The van der Waals surface area contributed by atoms with Crippen LogP contribution in [-0.2, 0) is 11.2 Å². The van der Waals surface area contributed by atoms with Crippen LogP contribution in [0.3, 0.4) is 0 Å². The predicted molar refractivity (Wildman–Crippen MR) is 93.6 cm³/mol. The van der Waals surface area contributed by atoms with Gasteiger partial charge in [0.15, 0.2) is 0 Å². The highest BCUT2D eigenvalue weighted by Gasteiger charge is 2.24. The second-order valence-electron chi connectivity index (χ2n) is 6.63. The van der Waals surface area contributed by atoms with Gasteiger partial charge < -0.3 is 15.1 Å². The van der Waals surface area contributed by atoms with Crippen LogP contribution in [0.15, 0.2) is 34.9 Å². The molecule has 2 heterocycles. The van der Waals surface area contributed by atoms with Crippen molar-refractivity contribution in [1.82, 2.24) is 15.6 Å². The third kappa shape index (κ3) is 4.23. The molecule has 128 valence electrons. The fraction of sp³-hybridized carbons (Fsp3) is 0.474. The van der Waals surface area contributed by atoms with E-state index in [0.717, 1.165) is 30.6 Å². The number of carbonyl (C=O) groups excluding carboxylic acids is 1. The summed E-state index contributed by atoms with van der Waals surface area (Å²) in [6, 6.07) is 8.51. The van der Waals surface area contributed by atoms with Crippen LogP contribution < -0.4 is 10.6 Å². The minimum absolute atomic E-state index is 0.127. The third-order valence-electron chi connectivity index (χ3n) is 4.53. The lowest BCUT2D eigenvalue weighted by molar-refractivity contribution is -0.126. The average molecular weight is 327 g/mol. The number of aromatic nitrogens is 1. The molecule has 0 aliphatic carbocycles. The van der Waals surface area contributed by atoms with Gasteiger partial charge in [-0.3, -0.25) is 4.79 Å². The molecule has 0 saturated carbocycles. The van der Waals surface area contributed by atoms with Gasteiger partial charge in [0.2, 0.25) is 11.8 Å². The molecule has 0 radical (unpaired) electrons. The number of hydrogen-bond acceptors (Lipinski definition) is 4. The zero-order chi connectivity index (χ0) is 16.9. The number of aryl methyl sites for hydroxylation is 1. The van der Waals surface area contributed by atoms with Gasteiger partial charge in [-0.2, -0.15) is 0 Å². The Bertz CT molecular complexity index is 678. The molecule has 2 N–H and O–H groups in total. The van der Waals surface area contributed by atoms with Gasteiger partial charge in [-0.25, -0.2) is 4.98 Å². The number of nitrogens with zero attached hydrogens (tertiary/aromatic N) is 1. The van der Waals surface area contributed by atoms with Gasteiger partial charge in [-0.1, -0.05) is 17.7 Å². The molecule has 3 rings (SSSR count). The highest BCUT2D eigenvalue weighted by molar-refractivity contribution is 5.78. The third-order valence-corrected chi connectivity index (χ3v) is 4.53. The first kappa shape index (κ1) is 16.7. The van der Waals surface area contributed by atoms with E-state index in [1.165, 1.54) is 5.56 Å². The lowest BCUT2D eigenvalue weighted by Gasteiger charge is -2.27. The Morgan fingerprint density at radius 1 is 1.38 bits per heavy atom. The summed E-state index contributed by atoms with van der Waals surface area (Å²) in [5, 5.41) is 6.40. The van der Waals surface area contributed by atoms with Crippen LogP contribution in [0.2, 0.25) is 0 Å². The first-order chi connectivity index (χ1) is 11.6. The van der Waals surface area contributed by atoms with Crippen molar-refractivity contribution in [2.75, 3.05) is 13.1 Å². The largest absolute Gasteiger partial charge is 0.444 e. The summed E-state index contributed by atoms with van der Waals surface area (Å²) in [7, 11) is 0. The van der Waals surface area contributed by atoms with Gasteiger partial charge in [-0.05, 0) is 45.4 Å². The molecule has 1 aliphatic rings. The second kappa shape index (κ2) is 7.62. The number of hydrogen-bond donors (Lipinski definition) is 2. The quantitative estimate of drug-likeness (QED) is 0.886. The van der Waals surface area contributed by atoms with Crippen molar-refractivity contribution in [3.63, 3.8) is 0 Å². The van der Waals surface area contributed by atoms with E-state index in [-0.39, 0.29) is 11.8 Å². The average Bonchev–Trinajstić information content (AvgIpc) is 3.04. The molecular formula is C19H25N3O2. The molecule has 2 aromatic rings. The Morgan fingerprint density at radius 2 is 2.17 bits per heavy atom. The van der Waals surface area contributed by atoms with Crippen LogP contribution in [-0.4, -0.2) is 30.0 Å². The summed E-state index contributed by atoms with van der Waals surface area (Å²) in [4.78, 5) is 16.7. The van der Waals surface area contributed by atoms with Gasteiger partial charge in [0.25, 0.3) is 0 Å². The number of amides is 1. The fourth-order valence-electron chi connectivity index (χ4n) is 3.08. The highest BCUT2D eigenvalue weighted by Crippen LogP contribution is 2.19. The number of carbonyl (C=O) groups is 1. The molecule has 0 bridgehead atoms. The summed E-state index contributed by atoms with van der Waals surface area (Å²) in [5.74, 6) is 0.913. The van der Waals surface area contributed by atoms with Crippen molar-refractivity contribution in [2.45, 2.75) is 39.2 Å². The predicted octanol–water partition coefficient (Wildman–Crippen LogP) is 2.70. The maximum Gasteiger partial charge on any atom is 0.226 e. The van der Waals surface area contributed by atoms with Crippen LogP contribution in [0.25, 0.3) is 11.5 Å². The molecule has 0 spiro atoms. The minimum atomic E-state index is 0.127. The molecule has 5 heteroatoms. The van der Waals surface area contributed by atoms with Crippen LogP contribution in [0.1, 0.15) is 31.0 Å². The molecule has 5 nitrogen and oxygen atoms in total. The molecule has 1 fully saturated rings. The molecule has 1 aliphatic heterocycles. The van der Waals surface area contributed by atoms with Crippen molar-refractivity contribution in [3.8, 4) is 11.5 Å².